The highest BCUT2D eigenvalue weighted by Gasteiger charge is 2.14. The molecule has 6 heteroatoms. The lowest BCUT2D eigenvalue weighted by Crippen LogP contribution is -2.25. The Hall–Kier alpha value is -2.37. The number of aryl methyl sites for hydroxylation is 1. The van der Waals surface area contributed by atoms with Gasteiger partial charge in [0.25, 0.3) is 5.91 Å². The van der Waals surface area contributed by atoms with E-state index in [-0.39, 0.29) is 11.7 Å². The van der Waals surface area contributed by atoms with Crippen LogP contribution in [0.2, 0.25) is 0 Å². The van der Waals surface area contributed by atoms with Gasteiger partial charge in [-0.3, -0.25) is 4.79 Å². The summed E-state index contributed by atoms with van der Waals surface area (Å²) in [5.41, 5.74) is 0.391. The van der Waals surface area contributed by atoms with Gasteiger partial charge in [-0.1, -0.05) is 0 Å². The largest absolute Gasteiger partial charge is 0.464 e. The summed E-state index contributed by atoms with van der Waals surface area (Å²) in [6, 6.07) is 9.20. The SMILES string of the molecule is Cc1ccc(CN(C)C(=O)c2ccc(OC(F)F)cc2)o1. The average molecular weight is 295 g/mol. The zero-order valence-corrected chi connectivity index (χ0v) is 11.7. The molecule has 0 unspecified atom stereocenters. The van der Waals surface area contributed by atoms with Gasteiger partial charge in [-0.15, -0.1) is 0 Å². The molecule has 0 saturated heterocycles. The number of nitrogens with zero attached hydrogens (tertiary/aromatic N) is 1. The third-order valence-corrected chi connectivity index (χ3v) is 2.86. The van der Waals surface area contributed by atoms with Crippen LogP contribution in [0.5, 0.6) is 5.75 Å². The maximum absolute atomic E-state index is 12.2. The van der Waals surface area contributed by atoms with Crippen LogP contribution in [0.1, 0.15) is 21.9 Å². The molecule has 112 valence electrons. The molecule has 0 spiro atoms. The standard InChI is InChI=1S/C15H15F2NO3/c1-10-3-6-13(20-10)9-18(2)14(19)11-4-7-12(8-5-11)21-15(16)17/h3-8,15H,9H2,1-2H3. The van der Waals surface area contributed by atoms with Gasteiger partial charge < -0.3 is 14.1 Å². The van der Waals surface area contributed by atoms with Crippen molar-refractivity contribution in [3.63, 3.8) is 0 Å². The number of amides is 1. The number of alkyl halides is 2. The maximum Gasteiger partial charge on any atom is 0.387 e. The first kappa shape index (κ1) is 15.0. The molecule has 0 atom stereocenters. The molecule has 1 heterocycles. The smallest absolute Gasteiger partial charge is 0.387 e. The lowest BCUT2D eigenvalue weighted by molar-refractivity contribution is -0.0498. The van der Waals surface area contributed by atoms with Crippen LogP contribution in [0.15, 0.2) is 40.8 Å². The van der Waals surface area contributed by atoms with Gasteiger partial charge >= 0.3 is 6.61 Å². The van der Waals surface area contributed by atoms with E-state index in [0.29, 0.717) is 17.9 Å². The Morgan fingerprint density at radius 2 is 1.90 bits per heavy atom. The van der Waals surface area contributed by atoms with Crippen LogP contribution in [0.25, 0.3) is 0 Å². The summed E-state index contributed by atoms with van der Waals surface area (Å²) in [5, 5.41) is 0. The van der Waals surface area contributed by atoms with E-state index in [0.717, 1.165) is 5.76 Å². The number of hydrogen-bond donors (Lipinski definition) is 0. The predicted molar refractivity (Wildman–Crippen MR) is 72.3 cm³/mol. The van der Waals surface area contributed by atoms with Crippen LogP contribution in [0.3, 0.4) is 0 Å². The van der Waals surface area contributed by atoms with Gasteiger partial charge in [-0.05, 0) is 43.3 Å². The van der Waals surface area contributed by atoms with E-state index in [1.807, 2.05) is 13.0 Å². The Labute approximate surface area is 120 Å². The van der Waals surface area contributed by atoms with Crippen LogP contribution >= 0.6 is 0 Å². The van der Waals surface area contributed by atoms with Crippen molar-refractivity contribution in [3.8, 4) is 5.75 Å². The van der Waals surface area contributed by atoms with Gasteiger partial charge in [0.05, 0.1) is 6.54 Å². The predicted octanol–water partition coefficient (Wildman–Crippen LogP) is 3.46. The quantitative estimate of drug-likeness (QED) is 0.848. The number of carbonyl (C=O) groups is 1. The van der Waals surface area contributed by atoms with E-state index < -0.39 is 6.61 Å². The van der Waals surface area contributed by atoms with Crippen molar-refractivity contribution in [2.45, 2.75) is 20.1 Å². The fourth-order valence-corrected chi connectivity index (χ4v) is 1.87. The molecular weight excluding hydrogens is 280 g/mol. The van der Waals surface area contributed by atoms with Crippen molar-refractivity contribution in [1.82, 2.24) is 4.90 Å². The molecular formula is C15H15F2NO3. The zero-order chi connectivity index (χ0) is 15.4. The highest BCUT2D eigenvalue weighted by Crippen LogP contribution is 2.17. The summed E-state index contributed by atoms with van der Waals surface area (Å²) < 4.78 is 33.7. The Morgan fingerprint density at radius 3 is 2.43 bits per heavy atom. The van der Waals surface area contributed by atoms with Crippen molar-refractivity contribution < 1.29 is 22.7 Å². The number of ether oxygens (including phenoxy) is 1. The summed E-state index contributed by atoms with van der Waals surface area (Å²) in [7, 11) is 1.64. The molecule has 0 aliphatic heterocycles. The van der Waals surface area contributed by atoms with Crippen molar-refractivity contribution >= 4 is 5.91 Å². The molecule has 0 N–H and O–H groups in total. The Kier molecular flexibility index (Phi) is 4.57. The number of furan rings is 1. The van der Waals surface area contributed by atoms with Crippen molar-refractivity contribution in [3.05, 3.63) is 53.5 Å². The number of hydrogen-bond acceptors (Lipinski definition) is 3. The Bertz CT molecular complexity index is 608. The number of rotatable bonds is 5. The molecule has 0 radical (unpaired) electrons. The van der Waals surface area contributed by atoms with E-state index in [1.165, 1.54) is 29.2 Å². The molecule has 2 rings (SSSR count). The van der Waals surface area contributed by atoms with Gasteiger partial charge in [0.15, 0.2) is 0 Å². The average Bonchev–Trinajstić information content (AvgIpc) is 2.83. The zero-order valence-electron chi connectivity index (χ0n) is 11.7. The minimum Gasteiger partial charge on any atom is -0.464 e. The molecule has 1 amide bonds. The number of carbonyl (C=O) groups excluding carboxylic acids is 1. The van der Waals surface area contributed by atoms with E-state index in [4.69, 9.17) is 4.42 Å². The highest BCUT2D eigenvalue weighted by molar-refractivity contribution is 5.94. The topological polar surface area (TPSA) is 42.7 Å². The van der Waals surface area contributed by atoms with Crippen LogP contribution in [-0.4, -0.2) is 24.5 Å². The van der Waals surface area contributed by atoms with E-state index >= 15 is 0 Å². The van der Waals surface area contributed by atoms with Crippen molar-refractivity contribution in [1.29, 1.82) is 0 Å². The van der Waals surface area contributed by atoms with Gasteiger partial charge in [0, 0.05) is 12.6 Å². The van der Waals surface area contributed by atoms with Gasteiger partial charge in [0.1, 0.15) is 17.3 Å². The lowest BCUT2D eigenvalue weighted by Gasteiger charge is -2.16. The normalized spacial score (nSPS) is 10.7. The molecule has 0 aliphatic rings. The van der Waals surface area contributed by atoms with Gasteiger partial charge in [0.2, 0.25) is 0 Å². The molecule has 0 aliphatic carbocycles. The summed E-state index contributed by atoms with van der Waals surface area (Å²) in [6.45, 7) is -0.717. The second-order valence-corrected chi connectivity index (χ2v) is 4.58. The molecule has 1 aromatic carbocycles. The first-order valence-corrected chi connectivity index (χ1v) is 6.31. The maximum atomic E-state index is 12.2. The number of benzene rings is 1. The summed E-state index contributed by atoms with van der Waals surface area (Å²) in [6.07, 6.45) is 0. The summed E-state index contributed by atoms with van der Waals surface area (Å²) >= 11 is 0. The fourth-order valence-electron chi connectivity index (χ4n) is 1.87. The van der Waals surface area contributed by atoms with Crippen molar-refractivity contribution in [2.75, 3.05) is 7.05 Å². The third-order valence-electron chi connectivity index (χ3n) is 2.86. The molecule has 21 heavy (non-hydrogen) atoms. The molecule has 0 bridgehead atoms. The monoisotopic (exact) mass is 295 g/mol. The van der Waals surface area contributed by atoms with E-state index in [1.54, 1.807) is 13.1 Å². The summed E-state index contributed by atoms with van der Waals surface area (Å²) in [5.74, 6) is 1.25. The minimum absolute atomic E-state index is 0.0193. The van der Waals surface area contributed by atoms with Crippen molar-refractivity contribution in [2.24, 2.45) is 0 Å². The van der Waals surface area contributed by atoms with Gasteiger partial charge in [-0.2, -0.15) is 8.78 Å². The van der Waals surface area contributed by atoms with Crippen LogP contribution in [-0.2, 0) is 6.54 Å². The first-order valence-electron chi connectivity index (χ1n) is 6.31. The Morgan fingerprint density at radius 1 is 1.24 bits per heavy atom. The highest BCUT2D eigenvalue weighted by atomic mass is 19.3. The van der Waals surface area contributed by atoms with Gasteiger partial charge in [-0.25, -0.2) is 0 Å². The number of halogens is 2. The van der Waals surface area contributed by atoms with Crippen LogP contribution in [0.4, 0.5) is 8.78 Å². The van der Waals surface area contributed by atoms with Crippen LogP contribution < -0.4 is 4.74 Å². The lowest BCUT2D eigenvalue weighted by atomic mass is 10.2. The molecule has 2 aromatic rings. The molecule has 4 nitrogen and oxygen atoms in total. The molecule has 0 fully saturated rings. The summed E-state index contributed by atoms with van der Waals surface area (Å²) in [4.78, 5) is 13.7. The second kappa shape index (κ2) is 6.39. The molecule has 1 aromatic heterocycles. The van der Waals surface area contributed by atoms with Crippen LogP contribution in [0, 0.1) is 6.92 Å². The first-order chi connectivity index (χ1) is 9.95. The van der Waals surface area contributed by atoms with E-state index in [2.05, 4.69) is 4.74 Å². The fraction of sp³-hybridized carbons (Fsp3) is 0.267. The van der Waals surface area contributed by atoms with E-state index in [9.17, 15) is 13.6 Å². The third kappa shape index (κ3) is 4.05. The minimum atomic E-state index is -2.88. The second-order valence-electron chi connectivity index (χ2n) is 4.58. The molecule has 0 saturated carbocycles. The Balaban J connectivity index is 2.01.